The van der Waals surface area contributed by atoms with Gasteiger partial charge in [0, 0.05) is 22.1 Å². The van der Waals surface area contributed by atoms with Crippen molar-refractivity contribution in [3.05, 3.63) is 62.5 Å². The molecule has 6 nitrogen and oxygen atoms in total. The van der Waals surface area contributed by atoms with Crippen LogP contribution in [0.25, 0.3) is 0 Å². The van der Waals surface area contributed by atoms with Gasteiger partial charge in [0.25, 0.3) is 5.91 Å². The molecule has 138 valence electrons. The van der Waals surface area contributed by atoms with Crippen molar-refractivity contribution in [2.45, 2.75) is 4.90 Å². The number of halogens is 3. The number of nitrogens with zero attached hydrogens (tertiary/aromatic N) is 2. The van der Waals surface area contributed by atoms with Gasteiger partial charge in [0.15, 0.2) is 0 Å². The molecular weight excluding hydrogens is 465 g/mol. The normalized spacial score (nSPS) is 11.9. The molecule has 1 amide bonds. The van der Waals surface area contributed by atoms with E-state index in [1.807, 2.05) is 18.2 Å². The fourth-order valence-corrected chi connectivity index (χ4v) is 4.17. The zero-order chi connectivity index (χ0) is 19.3. The molecule has 0 radical (unpaired) electrons. The molecule has 1 N–H and O–H groups in total. The van der Waals surface area contributed by atoms with Gasteiger partial charge in [-0.2, -0.15) is 9.41 Å². The first kappa shape index (κ1) is 20.9. The third kappa shape index (κ3) is 5.28. The molecule has 2 rings (SSSR count). The third-order valence-electron chi connectivity index (χ3n) is 3.25. The highest BCUT2D eigenvalue weighted by atomic mass is 79.9. The first-order chi connectivity index (χ1) is 12.2. The van der Waals surface area contributed by atoms with E-state index in [-0.39, 0.29) is 14.9 Å². The highest BCUT2D eigenvalue weighted by molar-refractivity contribution is 9.10. The maximum absolute atomic E-state index is 12.5. The Morgan fingerprint density at radius 2 is 1.96 bits per heavy atom. The number of likely N-dealkylation sites (N-methyl/N-ethyl adjacent to an activating group) is 1. The summed E-state index contributed by atoms with van der Waals surface area (Å²) in [6.07, 6.45) is 1.45. The molecule has 0 bridgehead atoms. The van der Waals surface area contributed by atoms with Crippen molar-refractivity contribution in [1.29, 1.82) is 0 Å². The molecule has 26 heavy (non-hydrogen) atoms. The molecule has 0 fully saturated rings. The van der Waals surface area contributed by atoms with Crippen molar-refractivity contribution in [2.75, 3.05) is 13.6 Å². The number of carbonyl (C=O) groups excluding carboxylic acids is 1. The highest BCUT2D eigenvalue weighted by Crippen LogP contribution is 2.27. The van der Waals surface area contributed by atoms with Crippen molar-refractivity contribution in [2.24, 2.45) is 5.10 Å². The SMILES string of the molecule is CN(CC(=O)N/N=C\c1ccccc1Br)S(=O)(=O)c1cc(Cl)ccc1Cl. The van der Waals surface area contributed by atoms with E-state index < -0.39 is 22.5 Å². The highest BCUT2D eigenvalue weighted by Gasteiger charge is 2.25. The summed E-state index contributed by atoms with van der Waals surface area (Å²) in [7, 11) is -2.71. The van der Waals surface area contributed by atoms with Crippen LogP contribution >= 0.6 is 39.1 Å². The number of carbonyl (C=O) groups is 1. The van der Waals surface area contributed by atoms with Crippen LogP contribution in [0, 0.1) is 0 Å². The van der Waals surface area contributed by atoms with Crippen LogP contribution in [-0.4, -0.2) is 38.4 Å². The average molecular weight is 479 g/mol. The van der Waals surface area contributed by atoms with E-state index in [2.05, 4.69) is 26.5 Å². The van der Waals surface area contributed by atoms with Crippen LogP contribution in [0.3, 0.4) is 0 Å². The van der Waals surface area contributed by atoms with Gasteiger partial charge in [0.1, 0.15) is 4.90 Å². The summed E-state index contributed by atoms with van der Waals surface area (Å²) >= 11 is 15.1. The molecule has 2 aromatic carbocycles. The molecule has 0 saturated carbocycles. The average Bonchev–Trinajstić information content (AvgIpc) is 2.58. The Morgan fingerprint density at radius 1 is 1.27 bits per heavy atom. The Labute approximate surface area is 170 Å². The Kier molecular flexibility index (Phi) is 7.19. The zero-order valence-electron chi connectivity index (χ0n) is 13.5. The molecule has 2 aromatic rings. The number of nitrogens with one attached hydrogen (secondary N) is 1. The molecule has 0 unspecified atom stereocenters. The van der Waals surface area contributed by atoms with E-state index in [0.29, 0.717) is 0 Å². The quantitative estimate of drug-likeness (QED) is 0.509. The van der Waals surface area contributed by atoms with Crippen molar-refractivity contribution in [1.82, 2.24) is 9.73 Å². The summed E-state index contributed by atoms with van der Waals surface area (Å²) in [5.41, 5.74) is 3.05. The second kappa shape index (κ2) is 8.96. The minimum atomic E-state index is -3.97. The lowest BCUT2D eigenvalue weighted by Gasteiger charge is -2.17. The Hall–Kier alpha value is -1.45. The molecule has 0 aliphatic heterocycles. The van der Waals surface area contributed by atoms with Crippen LogP contribution < -0.4 is 5.43 Å². The van der Waals surface area contributed by atoms with Gasteiger partial charge in [0.2, 0.25) is 10.0 Å². The second-order valence-electron chi connectivity index (χ2n) is 5.15. The Balaban J connectivity index is 2.04. The van der Waals surface area contributed by atoms with E-state index in [1.54, 1.807) is 6.07 Å². The van der Waals surface area contributed by atoms with Crippen LogP contribution in [0.5, 0.6) is 0 Å². The van der Waals surface area contributed by atoms with Gasteiger partial charge in [-0.15, -0.1) is 0 Å². The predicted octanol–water partition coefficient (Wildman–Crippen LogP) is 3.53. The summed E-state index contributed by atoms with van der Waals surface area (Å²) in [5, 5.41) is 4.07. The lowest BCUT2D eigenvalue weighted by molar-refractivity contribution is -0.121. The fraction of sp³-hybridized carbons (Fsp3) is 0.125. The van der Waals surface area contributed by atoms with Gasteiger partial charge in [-0.3, -0.25) is 4.79 Å². The van der Waals surface area contributed by atoms with Gasteiger partial charge < -0.3 is 0 Å². The van der Waals surface area contributed by atoms with Crippen molar-refractivity contribution in [3.8, 4) is 0 Å². The number of amides is 1. The number of benzene rings is 2. The summed E-state index contributed by atoms with van der Waals surface area (Å²) in [4.78, 5) is 11.8. The van der Waals surface area contributed by atoms with Crippen LogP contribution in [0.15, 0.2) is 56.9 Å². The number of rotatable bonds is 6. The number of sulfonamides is 1. The maximum atomic E-state index is 12.5. The van der Waals surface area contributed by atoms with Crippen LogP contribution in [0.2, 0.25) is 10.0 Å². The Morgan fingerprint density at radius 3 is 2.65 bits per heavy atom. The molecule has 0 saturated heterocycles. The first-order valence-electron chi connectivity index (χ1n) is 7.19. The number of hydrazone groups is 1. The number of hydrogen-bond donors (Lipinski definition) is 1. The Bertz CT molecular complexity index is 952. The predicted molar refractivity (Wildman–Crippen MR) is 106 cm³/mol. The molecule has 0 aliphatic rings. The zero-order valence-corrected chi connectivity index (χ0v) is 17.4. The van der Waals surface area contributed by atoms with E-state index >= 15 is 0 Å². The second-order valence-corrected chi connectivity index (χ2v) is 8.86. The standard InChI is InChI=1S/C16H14BrCl2N3O3S/c1-22(26(24,25)15-8-12(18)6-7-14(15)19)10-16(23)21-20-9-11-4-2-3-5-13(11)17/h2-9H,10H2,1H3,(H,21,23)/b20-9-. The monoisotopic (exact) mass is 477 g/mol. The lowest BCUT2D eigenvalue weighted by Crippen LogP contribution is -2.36. The largest absolute Gasteiger partial charge is 0.272 e. The molecule has 0 aromatic heterocycles. The fourth-order valence-electron chi connectivity index (χ4n) is 1.92. The molecule has 10 heteroatoms. The first-order valence-corrected chi connectivity index (χ1v) is 10.2. The van der Waals surface area contributed by atoms with Crippen molar-refractivity contribution >= 4 is 61.3 Å². The topological polar surface area (TPSA) is 78.8 Å². The van der Waals surface area contributed by atoms with Gasteiger partial charge in [-0.05, 0) is 24.3 Å². The molecular formula is C16H14BrCl2N3O3S. The summed E-state index contributed by atoms with van der Waals surface area (Å²) in [6.45, 7) is -0.432. The lowest BCUT2D eigenvalue weighted by atomic mass is 10.2. The van der Waals surface area contributed by atoms with Crippen molar-refractivity contribution < 1.29 is 13.2 Å². The smallest absolute Gasteiger partial charge is 0.255 e. The van der Waals surface area contributed by atoms with Gasteiger partial charge in [-0.1, -0.05) is 57.3 Å². The maximum Gasteiger partial charge on any atom is 0.255 e. The van der Waals surface area contributed by atoms with Gasteiger partial charge in [-0.25, -0.2) is 13.8 Å². The van der Waals surface area contributed by atoms with Crippen LogP contribution in [0.4, 0.5) is 0 Å². The molecule has 0 atom stereocenters. The van der Waals surface area contributed by atoms with E-state index in [4.69, 9.17) is 23.2 Å². The molecule has 0 heterocycles. The molecule has 0 spiro atoms. The summed E-state index contributed by atoms with van der Waals surface area (Å²) in [5.74, 6) is -0.600. The van der Waals surface area contributed by atoms with E-state index in [1.165, 1.54) is 31.5 Å². The van der Waals surface area contributed by atoms with Crippen LogP contribution in [-0.2, 0) is 14.8 Å². The minimum absolute atomic E-state index is 0.0219. The molecule has 0 aliphatic carbocycles. The van der Waals surface area contributed by atoms with Gasteiger partial charge >= 0.3 is 0 Å². The van der Waals surface area contributed by atoms with Crippen LogP contribution in [0.1, 0.15) is 5.56 Å². The number of hydrogen-bond acceptors (Lipinski definition) is 4. The van der Waals surface area contributed by atoms with E-state index in [0.717, 1.165) is 14.3 Å². The third-order valence-corrected chi connectivity index (χ3v) is 6.49. The van der Waals surface area contributed by atoms with Gasteiger partial charge in [0.05, 0.1) is 17.8 Å². The summed E-state index contributed by atoms with van der Waals surface area (Å²) < 4.78 is 26.8. The van der Waals surface area contributed by atoms with E-state index in [9.17, 15) is 13.2 Å². The summed E-state index contributed by atoms with van der Waals surface area (Å²) in [6, 6.07) is 11.4. The minimum Gasteiger partial charge on any atom is -0.272 e. The van der Waals surface area contributed by atoms with Crippen molar-refractivity contribution in [3.63, 3.8) is 0 Å².